The van der Waals surface area contributed by atoms with Crippen LogP contribution >= 0.6 is 0 Å². The Hall–Kier alpha value is -1.35. The summed E-state index contributed by atoms with van der Waals surface area (Å²) in [5.41, 5.74) is 2.75. The monoisotopic (exact) mass is 275 g/mol. The van der Waals surface area contributed by atoms with Gasteiger partial charge in [0.2, 0.25) is 0 Å². The van der Waals surface area contributed by atoms with Crippen molar-refractivity contribution in [2.24, 2.45) is 5.92 Å². The van der Waals surface area contributed by atoms with Crippen molar-refractivity contribution in [1.82, 2.24) is 5.32 Å². The van der Waals surface area contributed by atoms with Gasteiger partial charge in [-0.2, -0.15) is 0 Å². The molecule has 1 aliphatic rings. The molecule has 1 aromatic carbocycles. The first-order valence-corrected chi connectivity index (χ1v) is 7.53. The zero-order valence-electron chi connectivity index (χ0n) is 12.7. The van der Waals surface area contributed by atoms with Gasteiger partial charge in [0.15, 0.2) is 0 Å². The van der Waals surface area contributed by atoms with Crippen molar-refractivity contribution < 1.29 is 9.53 Å². The van der Waals surface area contributed by atoms with E-state index in [0.29, 0.717) is 5.92 Å². The molecule has 3 nitrogen and oxygen atoms in total. The molecule has 0 spiro atoms. The van der Waals surface area contributed by atoms with Gasteiger partial charge in [-0.3, -0.25) is 10.1 Å². The minimum atomic E-state index is -0.212. The van der Waals surface area contributed by atoms with Crippen molar-refractivity contribution in [2.45, 2.75) is 51.6 Å². The predicted molar refractivity (Wildman–Crippen MR) is 80.5 cm³/mol. The largest absolute Gasteiger partial charge is 0.468 e. The number of rotatable bonds is 5. The Kier molecular flexibility index (Phi) is 5.18. The number of nitrogens with one attached hydrogen (secondary N) is 1. The summed E-state index contributed by atoms with van der Waals surface area (Å²) in [7, 11) is 1.46. The van der Waals surface area contributed by atoms with E-state index in [9.17, 15) is 4.79 Å². The Morgan fingerprint density at radius 2 is 2.15 bits per heavy atom. The maximum absolute atomic E-state index is 11.9. The molecular formula is C17H25NO2. The van der Waals surface area contributed by atoms with Crippen LogP contribution in [0.2, 0.25) is 0 Å². The normalized spacial score (nSPS) is 19.5. The number of hydrogen-bond donors (Lipinski definition) is 1. The molecule has 0 heterocycles. The van der Waals surface area contributed by atoms with E-state index in [4.69, 9.17) is 4.74 Å². The number of hydrogen-bond acceptors (Lipinski definition) is 3. The smallest absolute Gasteiger partial charge is 0.322 e. The summed E-state index contributed by atoms with van der Waals surface area (Å²) in [6, 6.07) is 8.59. The summed E-state index contributed by atoms with van der Waals surface area (Å²) >= 11 is 0. The molecule has 110 valence electrons. The second kappa shape index (κ2) is 6.89. The molecule has 2 unspecified atom stereocenters. The average molecular weight is 275 g/mol. The van der Waals surface area contributed by atoms with E-state index in [1.54, 1.807) is 0 Å². The molecule has 20 heavy (non-hydrogen) atoms. The van der Waals surface area contributed by atoms with Gasteiger partial charge in [-0.1, -0.05) is 38.1 Å². The molecule has 0 radical (unpaired) electrons. The number of ether oxygens (including phenoxy) is 1. The van der Waals surface area contributed by atoms with Gasteiger partial charge in [0.1, 0.15) is 6.04 Å². The zero-order valence-corrected chi connectivity index (χ0v) is 12.7. The van der Waals surface area contributed by atoms with E-state index in [-0.39, 0.29) is 18.1 Å². The quantitative estimate of drug-likeness (QED) is 0.838. The summed E-state index contributed by atoms with van der Waals surface area (Å²) < 4.78 is 4.94. The summed E-state index contributed by atoms with van der Waals surface area (Å²) in [4.78, 5) is 11.9. The topological polar surface area (TPSA) is 38.3 Å². The Balaban J connectivity index is 2.13. The Bertz CT molecular complexity index is 456. The number of esters is 1. The highest BCUT2D eigenvalue weighted by molar-refractivity contribution is 5.75. The molecule has 1 aliphatic carbocycles. The third kappa shape index (κ3) is 3.60. The highest BCUT2D eigenvalue weighted by atomic mass is 16.5. The highest BCUT2D eigenvalue weighted by Crippen LogP contribution is 2.30. The van der Waals surface area contributed by atoms with Crippen molar-refractivity contribution in [1.29, 1.82) is 0 Å². The second-order valence-electron chi connectivity index (χ2n) is 6.02. The first-order chi connectivity index (χ1) is 9.61. The molecule has 0 amide bonds. The summed E-state index contributed by atoms with van der Waals surface area (Å²) in [5.74, 6) is 0.312. The lowest BCUT2D eigenvalue weighted by Gasteiger charge is -2.30. The molecule has 0 aromatic heterocycles. The van der Waals surface area contributed by atoms with E-state index >= 15 is 0 Å². The number of aryl methyl sites for hydroxylation is 1. The maximum Gasteiger partial charge on any atom is 0.322 e. The zero-order chi connectivity index (χ0) is 14.5. The van der Waals surface area contributed by atoms with Crippen LogP contribution in [0.15, 0.2) is 24.3 Å². The molecule has 0 bridgehead atoms. The van der Waals surface area contributed by atoms with E-state index in [1.165, 1.54) is 24.7 Å². The fraction of sp³-hybridized carbons (Fsp3) is 0.588. The Morgan fingerprint density at radius 3 is 2.85 bits per heavy atom. The van der Waals surface area contributed by atoms with Gasteiger partial charge in [0.25, 0.3) is 0 Å². The number of methoxy groups -OCH3 is 1. The number of carbonyl (C=O) groups is 1. The molecule has 1 N–H and O–H groups in total. The minimum absolute atomic E-state index is 0.151. The van der Waals surface area contributed by atoms with Crippen LogP contribution in [-0.4, -0.2) is 19.1 Å². The molecule has 0 saturated heterocycles. The van der Waals surface area contributed by atoms with Crippen LogP contribution in [0.3, 0.4) is 0 Å². The molecule has 2 atom stereocenters. The fourth-order valence-corrected chi connectivity index (χ4v) is 3.02. The van der Waals surface area contributed by atoms with E-state index < -0.39 is 0 Å². The summed E-state index contributed by atoms with van der Waals surface area (Å²) in [6.45, 7) is 4.26. The lowest BCUT2D eigenvalue weighted by atomic mass is 9.87. The van der Waals surface area contributed by atoms with Crippen LogP contribution in [0.5, 0.6) is 0 Å². The van der Waals surface area contributed by atoms with Crippen LogP contribution in [0.4, 0.5) is 0 Å². The van der Waals surface area contributed by atoms with Crippen LogP contribution in [0.25, 0.3) is 0 Å². The average Bonchev–Trinajstić information content (AvgIpc) is 2.45. The second-order valence-corrected chi connectivity index (χ2v) is 6.02. The fourth-order valence-electron chi connectivity index (χ4n) is 3.02. The molecule has 0 saturated carbocycles. The van der Waals surface area contributed by atoms with Crippen LogP contribution in [-0.2, 0) is 16.0 Å². The Labute approximate surface area is 121 Å². The highest BCUT2D eigenvalue weighted by Gasteiger charge is 2.27. The van der Waals surface area contributed by atoms with Gasteiger partial charge in [0, 0.05) is 6.04 Å². The van der Waals surface area contributed by atoms with Crippen LogP contribution in [0, 0.1) is 5.92 Å². The van der Waals surface area contributed by atoms with Crippen LogP contribution in [0.1, 0.15) is 50.3 Å². The van der Waals surface area contributed by atoms with Gasteiger partial charge in [-0.15, -0.1) is 0 Å². The lowest BCUT2D eigenvalue weighted by Crippen LogP contribution is -2.41. The van der Waals surface area contributed by atoms with Crippen molar-refractivity contribution in [3.63, 3.8) is 0 Å². The predicted octanol–water partition coefficient (Wildman–Crippen LogP) is 3.24. The van der Waals surface area contributed by atoms with E-state index in [0.717, 1.165) is 19.3 Å². The minimum Gasteiger partial charge on any atom is -0.468 e. The van der Waals surface area contributed by atoms with Crippen molar-refractivity contribution in [3.05, 3.63) is 35.4 Å². The molecular weight excluding hydrogens is 250 g/mol. The Morgan fingerprint density at radius 1 is 1.40 bits per heavy atom. The third-order valence-electron chi connectivity index (χ3n) is 3.96. The molecule has 0 fully saturated rings. The molecule has 1 aromatic rings. The van der Waals surface area contributed by atoms with Gasteiger partial charge < -0.3 is 4.74 Å². The number of carbonyl (C=O) groups excluding carboxylic acids is 1. The lowest BCUT2D eigenvalue weighted by molar-refractivity contribution is -0.143. The van der Waals surface area contributed by atoms with Crippen molar-refractivity contribution >= 4 is 5.97 Å². The van der Waals surface area contributed by atoms with Gasteiger partial charge in [-0.05, 0) is 42.7 Å². The van der Waals surface area contributed by atoms with Crippen LogP contribution < -0.4 is 5.32 Å². The number of benzene rings is 1. The van der Waals surface area contributed by atoms with Crippen molar-refractivity contribution in [3.8, 4) is 0 Å². The molecule has 3 heteroatoms. The van der Waals surface area contributed by atoms with Gasteiger partial charge >= 0.3 is 5.97 Å². The van der Waals surface area contributed by atoms with E-state index in [2.05, 4.69) is 43.4 Å². The first kappa shape index (κ1) is 15.0. The van der Waals surface area contributed by atoms with Crippen molar-refractivity contribution in [2.75, 3.05) is 7.11 Å². The third-order valence-corrected chi connectivity index (χ3v) is 3.96. The maximum atomic E-state index is 11.9. The summed E-state index contributed by atoms with van der Waals surface area (Å²) in [6.07, 6.45) is 4.21. The van der Waals surface area contributed by atoms with Gasteiger partial charge in [0.05, 0.1) is 7.11 Å². The standard InChI is InChI=1S/C17H25NO2/c1-12(2)11-16(17(19)20-3)18-15-10-6-8-13-7-4-5-9-14(13)15/h4-5,7,9,12,15-16,18H,6,8,10-11H2,1-3H3. The van der Waals surface area contributed by atoms with E-state index in [1.807, 2.05) is 0 Å². The number of fused-ring (bicyclic) bond motifs is 1. The SMILES string of the molecule is COC(=O)C(CC(C)C)NC1CCCc2ccccc21. The summed E-state index contributed by atoms with van der Waals surface area (Å²) in [5, 5.41) is 3.52. The molecule has 2 rings (SSSR count). The van der Waals surface area contributed by atoms with Gasteiger partial charge in [-0.25, -0.2) is 0 Å². The molecule has 0 aliphatic heterocycles. The first-order valence-electron chi connectivity index (χ1n) is 7.53.